The maximum absolute atomic E-state index is 5.76. The Morgan fingerprint density at radius 1 is 1.47 bits per heavy atom. The van der Waals surface area contributed by atoms with Crippen molar-refractivity contribution in [2.24, 2.45) is 5.73 Å². The summed E-state index contributed by atoms with van der Waals surface area (Å²) >= 11 is 0. The molecule has 2 N–H and O–H groups in total. The number of nitrogens with zero attached hydrogens (tertiary/aromatic N) is 2. The second-order valence-electron chi connectivity index (χ2n) is 5.18. The van der Waals surface area contributed by atoms with E-state index in [9.17, 15) is 0 Å². The van der Waals surface area contributed by atoms with E-state index in [1.807, 2.05) is 0 Å². The molecule has 3 heteroatoms. The zero-order chi connectivity index (χ0) is 11.3. The van der Waals surface area contributed by atoms with Crippen molar-refractivity contribution in [1.29, 1.82) is 0 Å². The summed E-state index contributed by atoms with van der Waals surface area (Å²) in [4.78, 5) is 4.95. The molecule has 1 fully saturated rings. The van der Waals surface area contributed by atoms with Gasteiger partial charge in [0, 0.05) is 18.6 Å². The van der Waals surface area contributed by atoms with Crippen molar-refractivity contribution in [3.05, 3.63) is 0 Å². The summed E-state index contributed by atoms with van der Waals surface area (Å²) in [6, 6.07) is 1.12. The number of nitrogens with two attached hydrogens (primary N) is 1. The Morgan fingerprint density at radius 2 is 2.20 bits per heavy atom. The Kier molecular flexibility index (Phi) is 5.58. The molecule has 0 spiro atoms. The summed E-state index contributed by atoms with van der Waals surface area (Å²) in [5.41, 5.74) is 5.76. The Morgan fingerprint density at radius 3 is 2.80 bits per heavy atom. The zero-order valence-electron chi connectivity index (χ0n) is 10.6. The average molecular weight is 213 g/mol. The fourth-order valence-corrected chi connectivity index (χ4v) is 2.29. The second kappa shape index (κ2) is 6.46. The van der Waals surface area contributed by atoms with Crippen molar-refractivity contribution < 1.29 is 0 Å². The van der Waals surface area contributed by atoms with Gasteiger partial charge in [-0.2, -0.15) is 0 Å². The monoisotopic (exact) mass is 213 g/mol. The number of likely N-dealkylation sites (N-methyl/N-ethyl adjacent to an activating group) is 1. The number of piperidine rings is 1. The van der Waals surface area contributed by atoms with Gasteiger partial charge in [-0.3, -0.25) is 0 Å². The molecule has 2 unspecified atom stereocenters. The number of likely N-dealkylation sites (tertiary alicyclic amines) is 1. The third-order valence-electron chi connectivity index (χ3n) is 3.34. The molecular formula is C12H27N3. The average Bonchev–Trinajstić information content (AvgIpc) is 2.17. The molecule has 0 aromatic rings. The first kappa shape index (κ1) is 12.9. The van der Waals surface area contributed by atoms with Crippen molar-refractivity contribution in [3.8, 4) is 0 Å². The molecule has 2 atom stereocenters. The summed E-state index contributed by atoms with van der Waals surface area (Å²) in [5, 5.41) is 0. The minimum absolute atomic E-state index is 0.361. The lowest BCUT2D eigenvalue weighted by molar-refractivity contribution is 0.131. The van der Waals surface area contributed by atoms with Crippen LogP contribution >= 0.6 is 0 Å². The van der Waals surface area contributed by atoms with Gasteiger partial charge in [-0.05, 0) is 59.8 Å². The number of hydrogen-bond acceptors (Lipinski definition) is 3. The highest BCUT2D eigenvalue weighted by molar-refractivity contribution is 4.77. The van der Waals surface area contributed by atoms with E-state index in [1.54, 1.807) is 0 Å². The highest BCUT2D eigenvalue weighted by Crippen LogP contribution is 2.14. The van der Waals surface area contributed by atoms with Gasteiger partial charge < -0.3 is 15.5 Å². The fraction of sp³-hybridized carbons (Fsp3) is 1.00. The van der Waals surface area contributed by atoms with Gasteiger partial charge in [-0.15, -0.1) is 0 Å². The van der Waals surface area contributed by atoms with Gasteiger partial charge in [0.05, 0.1) is 0 Å². The molecular weight excluding hydrogens is 186 g/mol. The lowest BCUT2D eigenvalue weighted by Gasteiger charge is -2.36. The van der Waals surface area contributed by atoms with Crippen LogP contribution in [0.2, 0.25) is 0 Å². The molecule has 15 heavy (non-hydrogen) atoms. The first-order valence-corrected chi connectivity index (χ1v) is 6.24. The summed E-state index contributed by atoms with van der Waals surface area (Å²) in [6.45, 7) is 5.85. The van der Waals surface area contributed by atoms with Crippen LogP contribution < -0.4 is 5.73 Å². The summed E-state index contributed by atoms with van der Waals surface area (Å²) in [7, 11) is 4.38. The van der Waals surface area contributed by atoms with E-state index >= 15 is 0 Å². The van der Waals surface area contributed by atoms with Crippen LogP contribution in [-0.2, 0) is 0 Å². The maximum Gasteiger partial charge on any atom is 0.0217 e. The number of rotatable bonds is 5. The van der Waals surface area contributed by atoms with Gasteiger partial charge in [0.2, 0.25) is 0 Å². The van der Waals surface area contributed by atoms with Crippen LogP contribution in [-0.4, -0.2) is 55.6 Å². The largest absolute Gasteiger partial charge is 0.328 e. The summed E-state index contributed by atoms with van der Waals surface area (Å²) in [6.07, 6.45) is 5.11. The summed E-state index contributed by atoms with van der Waals surface area (Å²) in [5.74, 6) is 0. The molecule has 1 aliphatic heterocycles. The third kappa shape index (κ3) is 4.96. The predicted octanol–water partition coefficient (Wildman–Crippen LogP) is 1.14. The fourth-order valence-electron chi connectivity index (χ4n) is 2.29. The molecule has 3 nitrogen and oxygen atoms in total. The molecule has 0 aromatic carbocycles. The Balaban J connectivity index is 2.18. The normalized spacial score (nSPS) is 25.8. The molecule has 0 aliphatic carbocycles. The van der Waals surface area contributed by atoms with Crippen LogP contribution in [0, 0.1) is 0 Å². The lowest BCUT2D eigenvalue weighted by Crippen LogP contribution is -2.45. The van der Waals surface area contributed by atoms with Gasteiger partial charge in [-0.25, -0.2) is 0 Å². The number of hydrogen-bond donors (Lipinski definition) is 1. The zero-order valence-corrected chi connectivity index (χ0v) is 10.6. The highest BCUT2D eigenvalue weighted by atomic mass is 15.2. The second-order valence-corrected chi connectivity index (χ2v) is 5.18. The SMILES string of the molecule is CC(N)CCCN1CCCC(N(C)C)C1. The van der Waals surface area contributed by atoms with Crippen LogP contribution in [0.25, 0.3) is 0 Å². The van der Waals surface area contributed by atoms with Crippen molar-refractivity contribution in [2.75, 3.05) is 33.7 Å². The minimum atomic E-state index is 0.361. The van der Waals surface area contributed by atoms with E-state index in [0.717, 1.165) is 12.5 Å². The Bertz CT molecular complexity index is 168. The summed E-state index contributed by atoms with van der Waals surface area (Å²) < 4.78 is 0. The van der Waals surface area contributed by atoms with Crippen molar-refractivity contribution in [1.82, 2.24) is 9.80 Å². The van der Waals surface area contributed by atoms with Crippen LogP contribution in [0.3, 0.4) is 0 Å². The standard InChI is InChI=1S/C12H27N3/c1-11(13)6-4-8-15-9-5-7-12(10-15)14(2)3/h11-12H,4-10,13H2,1-3H3. The third-order valence-corrected chi connectivity index (χ3v) is 3.34. The molecule has 0 amide bonds. The van der Waals surface area contributed by atoms with Crippen LogP contribution in [0.1, 0.15) is 32.6 Å². The molecule has 1 rings (SSSR count). The van der Waals surface area contributed by atoms with E-state index in [-0.39, 0.29) is 0 Å². The van der Waals surface area contributed by atoms with Crippen LogP contribution in [0.5, 0.6) is 0 Å². The van der Waals surface area contributed by atoms with Crippen molar-refractivity contribution in [3.63, 3.8) is 0 Å². The molecule has 1 aliphatic rings. The van der Waals surface area contributed by atoms with Crippen LogP contribution in [0.15, 0.2) is 0 Å². The minimum Gasteiger partial charge on any atom is -0.328 e. The molecule has 1 saturated heterocycles. The van der Waals surface area contributed by atoms with Gasteiger partial charge in [-0.1, -0.05) is 0 Å². The topological polar surface area (TPSA) is 32.5 Å². The maximum atomic E-state index is 5.76. The molecule has 1 heterocycles. The predicted molar refractivity (Wildman–Crippen MR) is 66.0 cm³/mol. The molecule has 90 valence electrons. The first-order chi connectivity index (χ1) is 7.09. The highest BCUT2D eigenvalue weighted by Gasteiger charge is 2.20. The van der Waals surface area contributed by atoms with E-state index in [1.165, 1.54) is 38.9 Å². The molecule has 0 radical (unpaired) electrons. The molecule has 0 saturated carbocycles. The first-order valence-electron chi connectivity index (χ1n) is 6.24. The molecule has 0 bridgehead atoms. The molecule has 0 aromatic heterocycles. The van der Waals surface area contributed by atoms with E-state index < -0.39 is 0 Å². The van der Waals surface area contributed by atoms with Crippen LogP contribution in [0.4, 0.5) is 0 Å². The van der Waals surface area contributed by atoms with Gasteiger partial charge >= 0.3 is 0 Å². The van der Waals surface area contributed by atoms with Gasteiger partial charge in [0.1, 0.15) is 0 Å². The quantitative estimate of drug-likeness (QED) is 0.743. The van der Waals surface area contributed by atoms with E-state index in [0.29, 0.717) is 6.04 Å². The van der Waals surface area contributed by atoms with E-state index in [2.05, 4.69) is 30.8 Å². The van der Waals surface area contributed by atoms with Gasteiger partial charge in [0.15, 0.2) is 0 Å². The lowest BCUT2D eigenvalue weighted by atomic mass is 10.0. The van der Waals surface area contributed by atoms with Crippen molar-refractivity contribution >= 4 is 0 Å². The Labute approximate surface area is 94.6 Å². The van der Waals surface area contributed by atoms with Crippen molar-refractivity contribution in [2.45, 2.75) is 44.7 Å². The van der Waals surface area contributed by atoms with E-state index in [4.69, 9.17) is 5.73 Å². The smallest absolute Gasteiger partial charge is 0.0217 e. The van der Waals surface area contributed by atoms with Gasteiger partial charge in [0.25, 0.3) is 0 Å². The Hall–Kier alpha value is -0.120.